The Morgan fingerprint density at radius 3 is 2.50 bits per heavy atom. The third-order valence-corrected chi connectivity index (χ3v) is 5.45. The summed E-state index contributed by atoms with van der Waals surface area (Å²) in [7, 11) is 0. The molecule has 0 radical (unpaired) electrons. The van der Waals surface area contributed by atoms with Crippen molar-refractivity contribution in [1.29, 1.82) is 0 Å². The van der Waals surface area contributed by atoms with Crippen LogP contribution in [0.15, 0.2) is 42.5 Å². The van der Waals surface area contributed by atoms with E-state index in [0.29, 0.717) is 19.7 Å². The molecule has 6 nitrogen and oxygen atoms in total. The summed E-state index contributed by atoms with van der Waals surface area (Å²) < 4.78 is 4.85. The van der Waals surface area contributed by atoms with Crippen molar-refractivity contribution in [2.24, 2.45) is 0 Å². The molecule has 0 unspecified atom stereocenters. The van der Waals surface area contributed by atoms with Crippen LogP contribution in [0.3, 0.4) is 0 Å². The van der Waals surface area contributed by atoms with Gasteiger partial charge in [-0.3, -0.25) is 4.79 Å². The molecule has 0 aromatic heterocycles. The fraction of sp³-hybridized carbons (Fsp3) is 0.400. The van der Waals surface area contributed by atoms with Crippen LogP contribution in [-0.4, -0.2) is 62.8 Å². The van der Waals surface area contributed by atoms with Crippen LogP contribution in [0.5, 0.6) is 0 Å². The molecule has 2 heterocycles. The van der Waals surface area contributed by atoms with Gasteiger partial charge in [0.2, 0.25) is 0 Å². The molecule has 0 aliphatic carbocycles. The number of carbonyl (C=O) groups excluding carboxylic acids is 2. The highest BCUT2D eigenvalue weighted by Gasteiger charge is 2.32. The normalized spacial score (nSPS) is 23.2. The summed E-state index contributed by atoms with van der Waals surface area (Å²) in [6, 6.07) is 15.0. The summed E-state index contributed by atoms with van der Waals surface area (Å²) in [5.74, 6) is -0.111. The van der Waals surface area contributed by atoms with E-state index in [0.717, 1.165) is 32.7 Å². The van der Waals surface area contributed by atoms with Crippen LogP contribution in [0.25, 0.3) is 10.8 Å². The van der Waals surface area contributed by atoms with Gasteiger partial charge in [-0.05, 0) is 10.8 Å². The monoisotopic (exact) mass is 355 g/mol. The molecule has 2 aliphatic rings. The number of cyclic esters (lactones) is 1. The molecule has 136 valence electrons. The summed E-state index contributed by atoms with van der Waals surface area (Å²) in [6.45, 7) is 6.10. The highest BCUT2D eigenvalue weighted by atomic mass is 16.6. The molecule has 2 amide bonds. The van der Waals surface area contributed by atoms with E-state index in [1.54, 1.807) is 4.90 Å². The second kappa shape index (κ2) is 7.43. The van der Waals surface area contributed by atoms with Crippen LogP contribution >= 0.6 is 0 Å². The van der Waals surface area contributed by atoms with E-state index in [-0.39, 0.29) is 5.91 Å². The van der Waals surface area contributed by atoms with Gasteiger partial charge in [-0.1, -0.05) is 42.5 Å². The Balaban J connectivity index is 1.32. The van der Waals surface area contributed by atoms with Gasteiger partial charge < -0.3 is 14.5 Å². The van der Waals surface area contributed by atoms with Gasteiger partial charge in [-0.15, -0.1) is 0 Å². The second-order valence-corrected chi connectivity index (χ2v) is 7.15. The first-order valence-electron chi connectivity index (χ1n) is 9.31. The first-order valence-corrected chi connectivity index (χ1v) is 9.31. The third-order valence-electron chi connectivity index (χ3n) is 5.45. The van der Waals surface area contributed by atoms with Crippen LogP contribution in [0.4, 0.5) is 4.79 Å². The SMILES string of the molecule is O=C(C[NH+]1CC[NH+](Cc2cccc3ccccc23)CC1)N1CCOC1=O. The van der Waals surface area contributed by atoms with Gasteiger partial charge >= 0.3 is 6.09 Å². The lowest BCUT2D eigenvalue weighted by Gasteiger charge is -2.30. The van der Waals surface area contributed by atoms with Crippen molar-refractivity contribution in [1.82, 2.24) is 4.90 Å². The van der Waals surface area contributed by atoms with Crippen molar-refractivity contribution >= 4 is 22.8 Å². The van der Waals surface area contributed by atoms with Crippen molar-refractivity contribution in [3.05, 3.63) is 48.0 Å². The average Bonchev–Trinajstić information content (AvgIpc) is 3.10. The molecule has 2 fully saturated rings. The number of quaternary nitrogens is 2. The summed E-state index contributed by atoms with van der Waals surface area (Å²) in [6.07, 6.45) is -0.491. The molecule has 0 saturated carbocycles. The van der Waals surface area contributed by atoms with Gasteiger partial charge in [0, 0.05) is 5.56 Å². The van der Waals surface area contributed by atoms with Gasteiger partial charge in [0.05, 0.1) is 6.54 Å². The zero-order chi connectivity index (χ0) is 17.9. The van der Waals surface area contributed by atoms with Crippen molar-refractivity contribution < 1.29 is 24.1 Å². The molecule has 0 spiro atoms. The average molecular weight is 355 g/mol. The Hall–Kier alpha value is -2.44. The summed E-state index contributed by atoms with van der Waals surface area (Å²) in [4.78, 5) is 27.8. The molecular formula is C20H25N3O3+2. The molecule has 0 atom stereocenters. The third kappa shape index (κ3) is 3.57. The Morgan fingerprint density at radius 2 is 1.73 bits per heavy atom. The maximum absolute atomic E-state index is 12.2. The summed E-state index contributed by atoms with van der Waals surface area (Å²) >= 11 is 0. The van der Waals surface area contributed by atoms with Crippen LogP contribution in [-0.2, 0) is 16.1 Å². The molecule has 2 aromatic rings. The number of fused-ring (bicyclic) bond motifs is 1. The van der Waals surface area contributed by atoms with E-state index >= 15 is 0 Å². The quantitative estimate of drug-likeness (QED) is 0.748. The summed E-state index contributed by atoms with van der Waals surface area (Å²) in [5, 5.41) is 2.62. The van der Waals surface area contributed by atoms with Crippen LogP contribution in [0.1, 0.15) is 5.56 Å². The van der Waals surface area contributed by atoms with Crippen molar-refractivity contribution in [2.45, 2.75) is 6.54 Å². The van der Waals surface area contributed by atoms with E-state index in [1.165, 1.54) is 26.1 Å². The van der Waals surface area contributed by atoms with Gasteiger partial charge in [0.15, 0.2) is 6.54 Å². The fourth-order valence-electron chi connectivity index (χ4n) is 3.96. The first kappa shape index (κ1) is 17.0. The predicted molar refractivity (Wildman–Crippen MR) is 97.0 cm³/mol. The maximum atomic E-state index is 12.2. The molecule has 2 N–H and O–H groups in total. The second-order valence-electron chi connectivity index (χ2n) is 7.15. The summed E-state index contributed by atoms with van der Waals surface area (Å²) in [5.41, 5.74) is 1.39. The zero-order valence-electron chi connectivity index (χ0n) is 14.9. The Labute approximate surface area is 152 Å². The highest BCUT2D eigenvalue weighted by Crippen LogP contribution is 2.17. The number of hydrogen-bond donors (Lipinski definition) is 2. The predicted octanol–water partition coefficient (Wildman–Crippen LogP) is -0.898. The number of imide groups is 1. The number of benzene rings is 2. The van der Waals surface area contributed by atoms with Gasteiger partial charge in [0.1, 0.15) is 39.3 Å². The topological polar surface area (TPSA) is 55.5 Å². The molecule has 4 rings (SSSR count). The lowest BCUT2D eigenvalue weighted by atomic mass is 10.0. The number of hydrogen-bond acceptors (Lipinski definition) is 3. The molecule has 6 heteroatoms. The number of nitrogens with one attached hydrogen (secondary N) is 2. The minimum absolute atomic E-state index is 0.111. The van der Waals surface area contributed by atoms with Crippen LogP contribution < -0.4 is 9.80 Å². The molecule has 2 aromatic carbocycles. The number of ether oxygens (including phenoxy) is 1. The lowest BCUT2D eigenvalue weighted by molar-refractivity contribution is -1.02. The van der Waals surface area contributed by atoms with Crippen molar-refractivity contribution in [2.75, 3.05) is 45.9 Å². The Kier molecular flexibility index (Phi) is 4.86. The smallest absolute Gasteiger partial charge is 0.416 e. The Morgan fingerprint density at radius 1 is 1.00 bits per heavy atom. The van der Waals surface area contributed by atoms with Gasteiger partial charge in [-0.25, -0.2) is 9.69 Å². The zero-order valence-corrected chi connectivity index (χ0v) is 14.9. The van der Waals surface area contributed by atoms with E-state index in [4.69, 9.17) is 4.74 Å². The van der Waals surface area contributed by atoms with Crippen molar-refractivity contribution in [3.63, 3.8) is 0 Å². The van der Waals surface area contributed by atoms with Crippen LogP contribution in [0.2, 0.25) is 0 Å². The first-order chi connectivity index (χ1) is 12.7. The van der Waals surface area contributed by atoms with E-state index in [9.17, 15) is 9.59 Å². The molecule has 26 heavy (non-hydrogen) atoms. The van der Waals surface area contributed by atoms with Gasteiger partial charge in [-0.2, -0.15) is 0 Å². The maximum Gasteiger partial charge on any atom is 0.416 e. The molecule has 2 aliphatic heterocycles. The molecular weight excluding hydrogens is 330 g/mol. The van der Waals surface area contributed by atoms with E-state index in [1.807, 2.05) is 0 Å². The fourth-order valence-corrected chi connectivity index (χ4v) is 3.96. The van der Waals surface area contributed by atoms with E-state index < -0.39 is 6.09 Å². The number of carbonyl (C=O) groups is 2. The number of rotatable bonds is 4. The molecule has 0 bridgehead atoms. The van der Waals surface area contributed by atoms with Crippen LogP contribution in [0, 0.1) is 0 Å². The molecule has 2 saturated heterocycles. The van der Waals surface area contributed by atoms with E-state index in [2.05, 4.69) is 42.5 Å². The highest BCUT2D eigenvalue weighted by molar-refractivity contribution is 5.93. The van der Waals surface area contributed by atoms with Gasteiger partial charge in [0.25, 0.3) is 5.91 Å². The largest absolute Gasteiger partial charge is 0.447 e. The lowest BCUT2D eigenvalue weighted by Crippen LogP contribution is -3.28. The van der Waals surface area contributed by atoms with Crippen molar-refractivity contribution in [3.8, 4) is 0 Å². The number of nitrogens with zero attached hydrogens (tertiary/aromatic N) is 1. The Bertz CT molecular complexity index is 810. The number of amides is 2. The minimum atomic E-state index is -0.491. The minimum Gasteiger partial charge on any atom is -0.447 e. The standard InChI is InChI=1S/C20H23N3O3/c24-19(23-12-13-26-20(23)25)15-22-10-8-21(9-11-22)14-17-6-3-5-16-4-1-2-7-18(16)17/h1-7H,8-15H2/p+2. The number of piperazine rings is 1.